The number of hydrogen-bond acceptors (Lipinski definition) is 6. The lowest BCUT2D eigenvalue weighted by atomic mass is 10.2. The summed E-state index contributed by atoms with van der Waals surface area (Å²) in [7, 11) is 0. The first-order chi connectivity index (χ1) is 11.4. The van der Waals surface area contributed by atoms with Crippen molar-refractivity contribution < 1.29 is 23.9 Å². The van der Waals surface area contributed by atoms with Gasteiger partial charge in [0.15, 0.2) is 12.4 Å². The number of hydrogen-bond donors (Lipinski definition) is 2. The molecule has 0 bridgehead atoms. The number of carbonyl (C=O) groups is 4. The van der Waals surface area contributed by atoms with Crippen LogP contribution < -0.4 is 10.6 Å². The van der Waals surface area contributed by atoms with E-state index < -0.39 is 24.5 Å². The Labute approximate surface area is 148 Å². The summed E-state index contributed by atoms with van der Waals surface area (Å²) in [5, 5.41) is 4.54. The van der Waals surface area contributed by atoms with E-state index in [1.807, 2.05) is 12.2 Å². The van der Waals surface area contributed by atoms with Crippen LogP contribution >= 0.6 is 22.9 Å². The largest absolute Gasteiger partial charge is 0.456 e. The van der Waals surface area contributed by atoms with Gasteiger partial charge in [-0.25, -0.2) is 4.79 Å². The van der Waals surface area contributed by atoms with Crippen molar-refractivity contribution in [1.82, 2.24) is 10.6 Å². The van der Waals surface area contributed by atoms with Gasteiger partial charge in [0.1, 0.15) is 0 Å². The Morgan fingerprint density at radius 2 is 1.96 bits per heavy atom. The molecule has 0 saturated heterocycles. The van der Waals surface area contributed by atoms with Crippen LogP contribution in [0.4, 0.5) is 4.79 Å². The van der Waals surface area contributed by atoms with Crippen LogP contribution in [0.3, 0.4) is 0 Å². The lowest BCUT2D eigenvalue weighted by Crippen LogP contribution is -2.41. The van der Waals surface area contributed by atoms with E-state index in [-0.39, 0.29) is 18.6 Å². The molecule has 0 fully saturated rings. The Bertz CT molecular complexity index is 602. The fourth-order valence-electron chi connectivity index (χ4n) is 1.61. The normalized spacial score (nSPS) is 10.1. The van der Waals surface area contributed by atoms with Crippen molar-refractivity contribution in [1.29, 1.82) is 0 Å². The number of amides is 3. The summed E-state index contributed by atoms with van der Waals surface area (Å²) in [6, 6.07) is 2.56. The number of Topliss-reactive ketones (excluding diaryl/α,β-unsaturated/α-hetero) is 1. The number of urea groups is 1. The topological polar surface area (TPSA) is 102 Å². The van der Waals surface area contributed by atoms with Crippen LogP contribution in [0.25, 0.3) is 0 Å². The lowest BCUT2D eigenvalue weighted by molar-refractivity contribution is -0.148. The van der Waals surface area contributed by atoms with Gasteiger partial charge in [-0.05, 0) is 18.6 Å². The zero-order chi connectivity index (χ0) is 17.9. The van der Waals surface area contributed by atoms with Gasteiger partial charge >= 0.3 is 12.0 Å². The summed E-state index contributed by atoms with van der Waals surface area (Å²) in [6.45, 7) is 1.87. The van der Waals surface area contributed by atoms with E-state index in [1.165, 1.54) is 0 Å². The molecule has 0 spiro atoms. The average molecular weight is 375 g/mol. The maximum absolute atomic E-state index is 11.8. The number of thiophene rings is 1. The summed E-state index contributed by atoms with van der Waals surface area (Å²) < 4.78 is 5.21. The molecule has 9 heteroatoms. The molecule has 24 heavy (non-hydrogen) atoms. The highest BCUT2D eigenvalue weighted by Gasteiger charge is 2.14. The van der Waals surface area contributed by atoms with Gasteiger partial charge in [-0.3, -0.25) is 19.7 Å². The van der Waals surface area contributed by atoms with Gasteiger partial charge in [-0.2, -0.15) is 0 Å². The van der Waals surface area contributed by atoms with Gasteiger partial charge in [0.05, 0.1) is 15.6 Å². The van der Waals surface area contributed by atoms with Crippen LogP contribution in [-0.4, -0.2) is 36.8 Å². The first-order valence-electron chi connectivity index (χ1n) is 7.44. The van der Waals surface area contributed by atoms with Crippen molar-refractivity contribution in [3.8, 4) is 0 Å². The average Bonchev–Trinajstić information content (AvgIpc) is 2.97. The number of halogens is 1. The minimum atomic E-state index is -0.728. The van der Waals surface area contributed by atoms with Gasteiger partial charge in [0.2, 0.25) is 0 Å². The van der Waals surface area contributed by atoms with E-state index in [4.69, 9.17) is 16.3 Å². The molecule has 0 aromatic carbocycles. The van der Waals surface area contributed by atoms with Crippen LogP contribution in [0.2, 0.25) is 4.34 Å². The lowest BCUT2D eigenvalue weighted by Gasteiger charge is -2.07. The number of carbonyl (C=O) groups excluding carboxylic acids is 4. The predicted octanol–water partition coefficient (Wildman–Crippen LogP) is 2.53. The van der Waals surface area contributed by atoms with E-state index >= 15 is 0 Å². The first kappa shape index (κ1) is 20.1. The number of unbranched alkanes of at least 4 members (excludes halogenated alkanes) is 1. The molecule has 0 unspecified atom stereocenters. The van der Waals surface area contributed by atoms with Gasteiger partial charge in [-0.1, -0.05) is 24.9 Å². The number of imide groups is 1. The summed E-state index contributed by atoms with van der Waals surface area (Å²) in [4.78, 5) is 46.5. The fraction of sp³-hybridized carbons (Fsp3) is 0.467. The van der Waals surface area contributed by atoms with E-state index in [0.717, 1.165) is 24.2 Å². The molecule has 132 valence electrons. The fourth-order valence-corrected chi connectivity index (χ4v) is 2.62. The highest BCUT2D eigenvalue weighted by Crippen LogP contribution is 2.22. The molecule has 1 aromatic rings. The SMILES string of the molecule is CCCCNC(=O)NC(=O)COC(=O)CCC(=O)c1ccc(Cl)s1. The zero-order valence-corrected chi connectivity index (χ0v) is 14.8. The second-order valence-corrected chi connectivity index (χ2v) is 6.56. The number of nitrogens with one attached hydrogen (secondary N) is 2. The molecular weight excluding hydrogens is 356 g/mol. The smallest absolute Gasteiger partial charge is 0.321 e. The van der Waals surface area contributed by atoms with Crippen molar-refractivity contribution in [2.75, 3.05) is 13.2 Å². The standard InChI is InChI=1S/C15H19ClN2O5S/c1-2-3-8-17-15(22)18-13(20)9-23-14(21)7-4-10(19)11-5-6-12(16)24-11/h5-6H,2-4,7-9H2,1H3,(H2,17,18,20,22). The van der Waals surface area contributed by atoms with Crippen LogP contribution in [0.1, 0.15) is 42.3 Å². The molecule has 0 aliphatic rings. The maximum atomic E-state index is 11.8. The second kappa shape index (κ2) is 10.8. The van der Waals surface area contributed by atoms with E-state index in [2.05, 4.69) is 5.32 Å². The molecule has 0 saturated carbocycles. The minimum Gasteiger partial charge on any atom is -0.456 e. The summed E-state index contributed by atoms with van der Waals surface area (Å²) in [5.41, 5.74) is 0. The Morgan fingerprint density at radius 1 is 1.21 bits per heavy atom. The van der Waals surface area contributed by atoms with E-state index in [1.54, 1.807) is 12.1 Å². The number of ketones is 1. The first-order valence-corrected chi connectivity index (χ1v) is 8.63. The highest BCUT2D eigenvalue weighted by molar-refractivity contribution is 7.18. The molecule has 2 N–H and O–H groups in total. The minimum absolute atomic E-state index is 0.0329. The maximum Gasteiger partial charge on any atom is 0.321 e. The summed E-state index contributed by atoms with van der Waals surface area (Å²) >= 11 is 6.87. The third-order valence-electron chi connectivity index (χ3n) is 2.84. The molecule has 1 aromatic heterocycles. The molecular formula is C15H19ClN2O5S. The summed E-state index contributed by atoms with van der Waals surface area (Å²) in [5.74, 6) is -1.63. The van der Waals surface area contributed by atoms with Gasteiger partial charge < -0.3 is 10.1 Å². The molecule has 0 radical (unpaired) electrons. The van der Waals surface area contributed by atoms with Crippen LogP contribution in [0.15, 0.2) is 12.1 Å². The zero-order valence-electron chi connectivity index (χ0n) is 13.2. The van der Waals surface area contributed by atoms with Crippen LogP contribution in [0, 0.1) is 0 Å². The quantitative estimate of drug-likeness (QED) is 0.393. The van der Waals surface area contributed by atoms with Gasteiger partial charge in [-0.15, -0.1) is 11.3 Å². The van der Waals surface area contributed by atoms with Crippen molar-refractivity contribution in [3.05, 3.63) is 21.3 Å². The monoisotopic (exact) mass is 374 g/mol. The van der Waals surface area contributed by atoms with E-state index in [0.29, 0.717) is 15.8 Å². The van der Waals surface area contributed by atoms with Crippen molar-refractivity contribution in [2.45, 2.75) is 32.6 Å². The molecule has 3 amide bonds. The molecule has 0 atom stereocenters. The molecule has 7 nitrogen and oxygen atoms in total. The number of ether oxygens (including phenoxy) is 1. The van der Waals surface area contributed by atoms with E-state index in [9.17, 15) is 19.2 Å². The van der Waals surface area contributed by atoms with Crippen molar-refractivity contribution in [3.63, 3.8) is 0 Å². The Morgan fingerprint density at radius 3 is 2.58 bits per heavy atom. The van der Waals surface area contributed by atoms with Crippen LogP contribution in [0.5, 0.6) is 0 Å². The highest BCUT2D eigenvalue weighted by atomic mass is 35.5. The Kier molecular flexibility index (Phi) is 9.03. The third-order valence-corrected chi connectivity index (χ3v) is 4.11. The third kappa shape index (κ3) is 8.07. The molecule has 0 aliphatic heterocycles. The second-order valence-electron chi connectivity index (χ2n) is 4.85. The Balaban J connectivity index is 2.20. The molecule has 1 rings (SSSR count). The van der Waals surface area contributed by atoms with Gasteiger partial charge in [0, 0.05) is 13.0 Å². The molecule has 1 heterocycles. The van der Waals surface area contributed by atoms with Crippen molar-refractivity contribution in [2.24, 2.45) is 0 Å². The van der Waals surface area contributed by atoms with Crippen molar-refractivity contribution >= 4 is 46.6 Å². The number of rotatable bonds is 9. The Hall–Kier alpha value is -1.93. The van der Waals surface area contributed by atoms with Gasteiger partial charge in [0.25, 0.3) is 5.91 Å². The molecule has 0 aliphatic carbocycles. The summed E-state index contributed by atoms with van der Waals surface area (Å²) in [6.07, 6.45) is 1.54. The van der Waals surface area contributed by atoms with Crippen LogP contribution in [-0.2, 0) is 14.3 Å². The number of esters is 1. The predicted molar refractivity (Wildman–Crippen MR) is 90.3 cm³/mol.